The summed E-state index contributed by atoms with van der Waals surface area (Å²) in [6.45, 7) is 8.54. The molecule has 0 bridgehead atoms. The maximum atomic E-state index is 12.3. The van der Waals surface area contributed by atoms with Gasteiger partial charge in [0.1, 0.15) is 0 Å². The number of carbonyl (C=O) groups is 1. The van der Waals surface area contributed by atoms with Crippen molar-refractivity contribution in [3.63, 3.8) is 0 Å². The monoisotopic (exact) mass is 337 g/mol. The van der Waals surface area contributed by atoms with Gasteiger partial charge in [0.25, 0.3) is 0 Å². The molecule has 2 aromatic carbocycles. The van der Waals surface area contributed by atoms with Gasteiger partial charge in [0.05, 0.1) is 0 Å². The molecule has 132 valence electrons. The summed E-state index contributed by atoms with van der Waals surface area (Å²) < 4.78 is 0. The number of benzene rings is 2. The number of nitrogens with zero attached hydrogens (tertiary/aromatic N) is 1. The molecule has 0 radical (unpaired) electrons. The summed E-state index contributed by atoms with van der Waals surface area (Å²) in [5.41, 5.74) is 5.03. The third kappa shape index (κ3) is 4.32. The lowest BCUT2D eigenvalue weighted by Gasteiger charge is -2.32. The van der Waals surface area contributed by atoms with E-state index in [0.717, 1.165) is 41.5 Å². The summed E-state index contributed by atoms with van der Waals surface area (Å²) in [4.78, 5) is 14.7. The number of hydrogen-bond acceptors (Lipinski definition) is 2. The van der Waals surface area contributed by atoms with E-state index in [1.165, 1.54) is 18.5 Å². The SMILES string of the molecule is Cc1cccc(C)c1NC(=O)Nc1ccc(N2CCC(C)CC2)cc1. The first-order valence-corrected chi connectivity index (χ1v) is 9.02. The van der Waals surface area contributed by atoms with Crippen LogP contribution in [0.25, 0.3) is 0 Å². The van der Waals surface area contributed by atoms with E-state index in [1.54, 1.807) is 0 Å². The number of amides is 2. The summed E-state index contributed by atoms with van der Waals surface area (Å²) in [6.07, 6.45) is 2.50. The molecular formula is C21H27N3O. The second-order valence-electron chi connectivity index (χ2n) is 7.06. The van der Waals surface area contributed by atoms with E-state index in [1.807, 2.05) is 44.2 Å². The average Bonchev–Trinajstić information content (AvgIpc) is 2.60. The van der Waals surface area contributed by atoms with Crippen LogP contribution in [-0.4, -0.2) is 19.1 Å². The highest BCUT2D eigenvalue weighted by molar-refractivity contribution is 6.00. The van der Waals surface area contributed by atoms with Crippen LogP contribution in [0.2, 0.25) is 0 Å². The van der Waals surface area contributed by atoms with Crippen LogP contribution in [0.4, 0.5) is 21.9 Å². The van der Waals surface area contributed by atoms with E-state index >= 15 is 0 Å². The number of nitrogens with one attached hydrogen (secondary N) is 2. The number of para-hydroxylation sites is 1. The van der Waals surface area contributed by atoms with Crippen LogP contribution in [0.1, 0.15) is 30.9 Å². The van der Waals surface area contributed by atoms with Crippen LogP contribution in [0.15, 0.2) is 42.5 Å². The van der Waals surface area contributed by atoms with Crippen molar-refractivity contribution >= 4 is 23.1 Å². The fourth-order valence-corrected chi connectivity index (χ4v) is 3.31. The minimum atomic E-state index is -0.211. The Morgan fingerprint density at radius 2 is 1.56 bits per heavy atom. The number of rotatable bonds is 3. The number of anilines is 3. The number of aryl methyl sites for hydroxylation is 2. The topological polar surface area (TPSA) is 44.4 Å². The molecule has 1 aliphatic heterocycles. The summed E-state index contributed by atoms with van der Waals surface area (Å²) >= 11 is 0. The second-order valence-corrected chi connectivity index (χ2v) is 7.06. The predicted molar refractivity (Wildman–Crippen MR) is 106 cm³/mol. The van der Waals surface area contributed by atoms with Crippen LogP contribution in [-0.2, 0) is 0 Å². The zero-order valence-corrected chi connectivity index (χ0v) is 15.3. The number of piperidine rings is 1. The average molecular weight is 337 g/mol. The fraction of sp³-hybridized carbons (Fsp3) is 0.381. The number of hydrogen-bond donors (Lipinski definition) is 2. The van der Waals surface area contributed by atoms with Crippen LogP contribution >= 0.6 is 0 Å². The van der Waals surface area contributed by atoms with Gasteiger partial charge in [-0.2, -0.15) is 0 Å². The second kappa shape index (κ2) is 7.60. The van der Waals surface area contributed by atoms with Crippen molar-refractivity contribution in [1.82, 2.24) is 0 Å². The first-order chi connectivity index (χ1) is 12.0. The predicted octanol–water partition coefficient (Wildman–Crippen LogP) is 5.18. The van der Waals surface area contributed by atoms with Crippen molar-refractivity contribution in [3.05, 3.63) is 53.6 Å². The minimum Gasteiger partial charge on any atom is -0.372 e. The Bertz CT molecular complexity index is 711. The van der Waals surface area contributed by atoms with Gasteiger partial charge in [-0.3, -0.25) is 0 Å². The molecule has 2 aromatic rings. The Balaban J connectivity index is 1.60. The summed E-state index contributed by atoms with van der Waals surface area (Å²) in [6, 6.07) is 13.9. The standard InChI is InChI=1S/C21H27N3O/c1-15-11-13-24(14-12-15)19-9-7-18(8-10-19)22-21(25)23-20-16(2)5-4-6-17(20)3/h4-10,15H,11-14H2,1-3H3,(H2,22,23,25). The Morgan fingerprint density at radius 3 is 2.16 bits per heavy atom. The van der Waals surface area contributed by atoms with Crippen molar-refractivity contribution in [3.8, 4) is 0 Å². The van der Waals surface area contributed by atoms with Gasteiger partial charge < -0.3 is 15.5 Å². The fourth-order valence-electron chi connectivity index (χ4n) is 3.31. The molecular weight excluding hydrogens is 310 g/mol. The third-order valence-electron chi connectivity index (χ3n) is 4.99. The van der Waals surface area contributed by atoms with E-state index in [-0.39, 0.29) is 6.03 Å². The van der Waals surface area contributed by atoms with E-state index in [9.17, 15) is 4.79 Å². The highest BCUT2D eigenvalue weighted by atomic mass is 16.2. The van der Waals surface area contributed by atoms with Gasteiger partial charge in [-0.05, 0) is 68.0 Å². The number of carbonyl (C=O) groups excluding carboxylic acids is 1. The molecule has 0 unspecified atom stereocenters. The van der Waals surface area contributed by atoms with E-state index < -0.39 is 0 Å². The quantitative estimate of drug-likeness (QED) is 0.810. The van der Waals surface area contributed by atoms with Gasteiger partial charge in [0.15, 0.2) is 0 Å². The molecule has 0 aromatic heterocycles. The molecule has 1 heterocycles. The first-order valence-electron chi connectivity index (χ1n) is 9.02. The van der Waals surface area contributed by atoms with Gasteiger partial charge in [-0.1, -0.05) is 25.1 Å². The Morgan fingerprint density at radius 1 is 0.960 bits per heavy atom. The zero-order valence-electron chi connectivity index (χ0n) is 15.3. The molecule has 1 saturated heterocycles. The lowest BCUT2D eigenvalue weighted by atomic mass is 9.99. The highest BCUT2D eigenvalue weighted by Gasteiger charge is 2.16. The maximum Gasteiger partial charge on any atom is 0.323 e. The van der Waals surface area contributed by atoms with Crippen LogP contribution in [0, 0.1) is 19.8 Å². The van der Waals surface area contributed by atoms with E-state index in [0.29, 0.717) is 0 Å². The number of urea groups is 1. The molecule has 2 amide bonds. The molecule has 4 heteroatoms. The lowest BCUT2D eigenvalue weighted by molar-refractivity contribution is 0.262. The molecule has 2 N–H and O–H groups in total. The van der Waals surface area contributed by atoms with Gasteiger partial charge in [-0.15, -0.1) is 0 Å². The summed E-state index contributed by atoms with van der Waals surface area (Å²) in [7, 11) is 0. The summed E-state index contributed by atoms with van der Waals surface area (Å²) in [5, 5.41) is 5.86. The van der Waals surface area contributed by atoms with Crippen LogP contribution in [0.5, 0.6) is 0 Å². The van der Waals surface area contributed by atoms with Crippen LogP contribution in [0.3, 0.4) is 0 Å². The van der Waals surface area contributed by atoms with E-state index in [2.05, 4.69) is 34.6 Å². The molecule has 0 spiro atoms. The molecule has 25 heavy (non-hydrogen) atoms. The van der Waals surface area contributed by atoms with Crippen molar-refractivity contribution in [2.24, 2.45) is 5.92 Å². The van der Waals surface area contributed by atoms with Crippen molar-refractivity contribution in [2.45, 2.75) is 33.6 Å². The van der Waals surface area contributed by atoms with Gasteiger partial charge in [0.2, 0.25) is 0 Å². The van der Waals surface area contributed by atoms with Gasteiger partial charge in [0, 0.05) is 30.2 Å². The molecule has 0 atom stereocenters. The Labute approximate surface area is 150 Å². The van der Waals surface area contributed by atoms with E-state index in [4.69, 9.17) is 0 Å². The van der Waals surface area contributed by atoms with Gasteiger partial charge >= 0.3 is 6.03 Å². The zero-order chi connectivity index (χ0) is 17.8. The van der Waals surface area contributed by atoms with Crippen LogP contribution < -0.4 is 15.5 Å². The van der Waals surface area contributed by atoms with Crippen molar-refractivity contribution in [2.75, 3.05) is 28.6 Å². The largest absolute Gasteiger partial charge is 0.372 e. The smallest absolute Gasteiger partial charge is 0.323 e. The molecule has 1 aliphatic rings. The minimum absolute atomic E-state index is 0.211. The first kappa shape index (κ1) is 17.3. The molecule has 1 fully saturated rings. The lowest BCUT2D eigenvalue weighted by Crippen LogP contribution is -2.32. The Hall–Kier alpha value is -2.49. The molecule has 4 nitrogen and oxygen atoms in total. The Kier molecular flexibility index (Phi) is 5.27. The normalized spacial score (nSPS) is 15.1. The highest BCUT2D eigenvalue weighted by Crippen LogP contribution is 2.24. The molecule has 0 saturated carbocycles. The molecule has 3 rings (SSSR count). The van der Waals surface area contributed by atoms with Gasteiger partial charge in [-0.25, -0.2) is 4.79 Å². The molecule has 0 aliphatic carbocycles. The third-order valence-corrected chi connectivity index (χ3v) is 4.99. The maximum absolute atomic E-state index is 12.3. The summed E-state index contributed by atoms with van der Waals surface area (Å²) in [5.74, 6) is 0.825. The van der Waals surface area contributed by atoms with Crippen molar-refractivity contribution < 1.29 is 4.79 Å². The van der Waals surface area contributed by atoms with Crippen molar-refractivity contribution in [1.29, 1.82) is 0 Å².